The van der Waals surface area contributed by atoms with E-state index in [-0.39, 0.29) is 0 Å². The molecule has 0 bridgehead atoms. The largest absolute Gasteiger partial charge is 0.253 e. The number of hydrogen-bond donors (Lipinski definition) is 0. The van der Waals surface area contributed by atoms with Gasteiger partial charge in [-0.1, -0.05) is 38.4 Å². The van der Waals surface area contributed by atoms with Crippen LogP contribution in [0.3, 0.4) is 0 Å². The van der Waals surface area contributed by atoms with Gasteiger partial charge in [-0.15, -0.1) is 0 Å². The first-order chi connectivity index (χ1) is 8.04. The summed E-state index contributed by atoms with van der Waals surface area (Å²) in [5, 5.41) is 1.96. The van der Waals surface area contributed by atoms with Crippen molar-refractivity contribution in [2.24, 2.45) is 0 Å². The molecule has 0 unspecified atom stereocenters. The van der Waals surface area contributed by atoms with E-state index in [0.29, 0.717) is 5.92 Å². The molecule has 2 heteroatoms. The van der Waals surface area contributed by atoms with E-state index >= 15 is 0 Å². The molecule has 0 aliphatic carbocycles. The zero-order valence-corrected chi connectivity index (χ0v) is 11.6. The SMILES string of the molecule is CCc1ccc2nc(C)c(C(C)C)c(Cl)c2c1. The minimum atomic E-state index is 0.407. The standard InChI is InChI=1S/C15H18ClN/c1-5-11-6-7-13-12(8-11)15(16)14(9(2)3)10(4)17-13/h6-9H,5H2,1-4H3. The number of benzene rings is 1. The minimum absolute atomic E-state index is 0.407. The number of rotatable bonds is 2. The van der Waals surface area contributed by atoms with E-state index in [1.54, 1.807) is 0 Å². The van der Waals surface area contributed by atoms with Crippen LogP contribution in [0.25, 0.3) is 10.9 Å². The highest BCUT2D eigenvalue weighted by atomic mass is 35.5. The highest BCUT2D eigenvalue weighted by molar-refractivity contribution is 6.36. The summed E-state index contributed by atoms with van der Waals surface area (Å²) in [6.07, 6.45) is 1.02. The fourth-order valence-corrected chi connectivity index (χ4v) is 2.80. The van der Waals surface area contributed by atoms with Crippen molar-refractivity contribution in [3.05, 3.63) is 40.0 Å². The molecule has 2 rings (SSSR count). The second-order valence-corrected chi connectivity index (χ2v) is 5.16. The lowest BCUT2D eigenvalue weighted by atomic mass is 9.98. The maximum atomic E-state index is 6.53. The summed E-state index contributed by atoms with van der Waals surface area (Å²) >= 11 is 6.53. The molecule has 0 N–H and O–H groups in total. The molecule has 17 heavy (non-hydrogen) atoms. The van der Waals surface area contributed by atoms with Gasteiger partial charge in [0.15, 0.2) is 0 Å². The van der Waals surface area contributed by atoms with Gasteiger partial charge in [0, 0.05) is 11.1 Å². The molecular weight excluding hydrogens is 230 g/mol. The summed E-state index contributed by atoms with van der Waals surface area (Å²) in [5.41, 5.74) is 4.52. The summed E-state index contributed by atoms with van der Waals surface area (Å²) in [6, 6.07) is 6.35. The van der Waals surface area contributed by atoms with Crippen LogP contribution >= 0.6 is 11.6 Å². The second kappa shape index (κ2) is 4.66. The van der Waals surface area contributed by atoms with Crippen LogP contribution < -0.4 is 0 Å². The highest BCUT2D eigenvalue weighted by Gasteiger charge is 2.13. The number of halogens is 1. The minimum Gasteiger partial charge on any atom is -0.253 e. The Bertz CT molecular complexity index is 558. The summed E-state index contributed by atoms with van der Waals surface area (Å²) < 4.78 is 0. The van der Waals surface area contributed by atoms with Crippen molar-refractivity contribution in [2.75, 3.05) is 0 Å². The normalized spacial score (nSPS) is 11.4. The lowest BCUT2D eigenvalue weighted by Crippen LogP contribution is -1.98. The molecule has 1 aromatic heterocycles. The average molecular weight is 248 g/mol. The smallest absolute Gasteiger partial charge is 0.0720 e. The van der Waals surface area contributed by atoms with Crippen molar-refractivity contribution < 1.29 is 0 Å². The fraction of sp³-hybridized carbons (Fsp3) is 0.400. The first-order valence-electron chi connectivity index (χ1n) is 6.13. The van der Waals surface area contributed by atoms with Crippen LogP contribution in [0.15, 0.2) is 18.2 Å². The first-order valence-corrected chi connectivity index (χ1v) is 6.51. The highest BCUT2D eigenvalue weighted by Crippen LogP contribution is 2.33. The van der Waals surface area contributed by atoms with Gasteiger partial charge >= 0.3 is 0 Å². The molecule has 0 atom stereocenters. The third-order valence-corrected chi connectivity index (χ3v) is 3.60. The third kappa shape index (κ3) is 2.16. The van der Waals surface area contributed by atoms with Crippen molar-refractivity contribution in [2.45, 2.75) is 40.0 Å². The van der Waals surface area contributed by atoms with Gasteiger partial charge in [0.2, 0.25) is 0 Å². The number of fused-ring (bicyclic) bond motifs is 1. The molecule has 2 aromatic rings. The Morgan fingerprint density at radius 3 is 2.59 bits per heavy atom. The Kier molecular flexibility index (Phi) is 3.39. The summed E-state index contributed by atoms with van der Waals surface area (Å²) in [6.45, 7) is 8.51. The van der Waals surface area contributed by atoms with Gasteiger partial charge < -0.3 is 0 Å². The van der Waals surface area contributed by atoms with Gasteiger partial charge in [-0.05, 0) is 42.5 Å². The molecule has 0 saturated heterocycles. The summed E-state index contributed by atoms with van der Waals surface area (Å²) in [4.78, 5) is 4.65. The van der Waals surface area contributed by atoms with Gasteiger partial charge in [-0.2, -0.15) is 0 Å². The van der Waals surface area contributed by atoms with E-state index in [0.717, 1.165) is 28.0 Å². The van der Waals surface area contributed by atoms with Gasteiger partial charge in [-0.25, -0.2) is 0 Å². The maximum absolute atomic E-state index is 6.53. The van der Waals surface area contributed by atoms with Crippen LogP contribution in [0.2, 0.25) is 5.02 Å². The topological polar surface area (TPSA) is 12.9 Å². The summed E-state index contributed by atoms with van der Waals surface area (Å²) in [5.74, 6) is 0.407. The van der Waals surface area contributed by atoms with Crippen molar-refractivity contribution in [3.8, 4) is 0 Å². The quantitative estimate of drug-likeness (QED) is 0.737. The van der Waals surface area contributed by atoms with Crippen LogP contribution in [-0.2, 0) is 6.42 Å². The maximum Gasteiger partial charge on any atom is 0.0720 e. The number of pyridine rings is 1. The predicted molar refractivity (Wildman–Crippen MR) is 75.0 cm³/mol. The molecule has 0 radical (unpaired) electrons. The van der Waals surface area contributed by atoms with Crippen molar-refractivity contribution in [1.82, 2.24) is 4.98 Å². The second-order valence-electron chi connectivity index (χ2n) is 4.78. The van der Waals surface area contributed by atoms with E-state index in [1.165, 1.54) is 11.1 Å². The van der Waals surface area contributed by atoms with Crippen molar-refractivity contribution in [3.63, 3.8) is 0 Å². The van der Waals surface area contributed by atoms with Crippen molar-refractivity contribution in [1.29, 1.82) is 0 Å². The lowest BCUT2D eigenvalue weighted by molar-refractivity contribution is 0.848. The number of nitrogens with zero attached hydrogens (tertiary/aromatic N) is 1. The molecule has 0 aliphatic heterocycles. The van der Waals surface area contributed by atoms with Crippen LogP contribution in [0, 0.1) is 6.92 Å². The Morgan fingerprint density at radius 2 is 2.00 bits per heavy atom. The van der Waals surface area contributed by atoms with E-state index in [9.17, 15) is 0 Å². The number of hydrogen-bond acceptors (Lipinski definition) is 1. The lowest BCUT2D eigenvalue weighted by Gasteiger charge is -2.14. The van der Waals surface area contributed by atoms with Crippen LogP contribution in [0.5, 0.6) is 0 Å². The van der Waals surface area contributed by atoms with E-state index in [2.05, 4.69) is 44.0 Å². The summed E-state index contributed by atoms with van der Waals surface area (Å²) in [7, 11) is 0. The zero-order chi connectivity index (χ0) is 12.6. The Morgan fingerprint density at radius 1 is 1.29 bits per heavy atom. The van der Waals surface area contributed by atoms with E-state index in [1.807, 2.05) is 6.92 Å². The van der Waals surface area contributed by atoms with Crippen LogP contribution in [-0.4, -0.2) is 4.98 Å². The molecule has 0 fully saturated rings. The molecule has 1 aromatic carbocycles. The number of aryl methyl sites for hydroxylation is 2. The molecule has 0 spiro atoms. The Hall–Kier alpha value is -1.08. The van der Waals surface area contributed by atoms with Crippen LogP contribution in [0.4, 0.5) is 0 Å². The third-order valence-electron chi connectivity index (χ3n) is 3.20. The average Bonchev–Trinajstić information content (AvgIpc) is 2.28. The van der Waals surface area contributed by atoms with E-state index < -0.39 is 0 Å². The molecule has 1 heterocycles. The first kappa shape index (κ1) is 12.4. The Balaban J connectivity index is 2.79. The van der Waals surface area contributed by atoms with E-state index in [4.69, 9.17) is 11.6 Å². The molecule has 0 aliphatic rings. The van der Waals surface area contributed by atoms with Gasteiger partial charge in [-0.3, -0.25) is 4.98 Å². The number of aromatic nitrogens is 1. The molecule has 0 saturated carbocycles. The fourth-order valence-electron chi connectivity index (χ4n) is 2.29. The molecular formula is C15H18ClN. The van der Waals surface area contributed by atoms with Crippen LogP contribution in [0.1, 0.15) is 43.5 Å². The van der Waals surface area contributed by atoms with Gasteiger partial charge in [0.25, 0.3) is 0 Å². The van der Waals surface area contributed by atoms with Crippen molar-refractivity contribution >= 4 is 22.5 Å². The van der Waals surface area contributed by atoms with Gasteiger partial charge in [0.1, 0.15) is 0 Å². The Labute approximate surface area is 108 Å². The molecule has 90 valence electrons. The molecule has 1 nitrogen and oxygen atoms in total. The zero-order valence-electron chi connectivity index (χ0n) is 10.8. The van der Waals surface area contributed by atoms with Gasteiger partial charge in [0.05, 0.1) is 10.5 Å². The monoisotopic (exact) mass is 247 g/mol. The predicted octanol–water partition coefficient (Wildman–Crippen LogP) is 4.88. The molecule has 0 amide bonds.